The average molecular weight is 1780 g/mol. The number of rotatable bonds is 12. The molecule has 0 unspecified atom stereocenters. The van der Waals surface area contributed by atoms with Gasteiger partial charge in [-0.15, -0.1) is 0 Å². The van der Waals surface area contributed by atoms with Crippen LogP contribution in [0.3, 0.4) is 0 Å². The predicted octanol–water partition coefficient (Wildman–Crippen LogP) is 33.5. The molecule has 2 aliphatic heterocycles. The van der Waals surface area contributed by atoms with Crippen LogP contribution in [0.5, 0.6) is 0 Å². The van der Waals surface area contributed by atoms with Crippen LogP contribution in [-0.2, 0) is 0 Å². The monoisotopic (exact) mass is 1770 g/mol. The van der Waals surface area contributed by atoms with Crippen LogP contribution in [0.4, 0.5) is 34.1 Å². The number of hydrogen-bond donors (Lipinski definition) is 0. The van der Waals surface area contributed by atoms with Crippen molar-refractivity contribution in [2.24, 2.45) is 0 Å². The number of nitrogens with zero attached hydrogens (tertiary/aromatic N) is 6. The quantitative estimate of drug-likeness (QED) is 0.114. The van der Waals surface area contributed by atoms with Gasteiger partial charge in [0.05, 0.1) is 66.5 Å². The van der Waals surface area contributed by atoms with Crippen molar-refractivity contribution in [1.82, 2.24) is 17.9 Å². The number of para-hydroxylation sites is 10. The molecule has 646 valence electrons. The van der Waals surface area contributed by atoms with E-state index >= 15 is 0 Å². The summed E-state index contributed by atoms with van der Waals surface area (Å²) in [5.74, 6) is 0. The van der Waals surface area contributed by atoms with Crippen LogP contribution in [0.2, 0.25) is 0 Å². The highest BCUT2D eigenvalue weighted by Gasteiger charge is 2.47. The van der Waals surface area contributed by atoms with Crippen molar-refractivity contribution in [3.05, 3.63) is 479 Å². The van der Waals surface area contributed by atoms with E-state index in [0.717, 1.165) is 179 Å². The Labute approximate surface area is 805 Å². The lowest BCUT2D eigenvalue weighted by Crippen LogP contribution is -2.61. The van der Waals surface area contributed by atoms with Gasteiger partial charge < -0.3 is 32.2 Å². The van der Waals surface area contributed by atoms with Crippen LogP contribution in [0.1, 0.15) is 0 Å². The van der Waals surface area contributed by atoms with Gasteiger partial charge in [0.1, 0.15) is 11.2 Å². The molecule has 0 fully saturated rings. The van der Waals surface area contributed by atoms with Gasteiger partial charge in [0, 0.05) is 132 Å². The van der Waals surface area contributed by atoms with E-state index < -0.39 is 6.71 Å². The Morgan fingerprint density at radius 1 is 0.179 bits per heavy atom. The normalized spacial score (nSPS) is 12.7. The summed E-state index contributed by atoms with van der Waals surface area (Å²) >= 11 is 0. The van der Waals surface area contributed by atoms with Gasteiger partial charge in [-0.3, -0.25) is 0 Å². The summed E-state index contributed by atoms with van der Waals surface area (Å²) in [6.07, 6.45) is 0. The first-order chi connectivity index (χ1) is 69.5. The van der Waals surface area contributed by atoms with Crippen molar-refractivity contribution in [3.63, 3.8) is 0 Å². The second-order valence-electron chi connectivity index (χ2n) is 38.0. The van der Waals surface area contributed by atoms with Crippen LogP contribution in [0.25, 0.3) is 242 Å². The third kappa shape index (κ3) is 10.9. The van der Waals surface area contributed by atoms with Gasteiger partial charge in [0.2, 0.25) is 0 Å². The smallest absolute Gasteiger partial charge is 0.252 e. The fraction of sp³-hybridized carbons (Fsp3) is 0. The maximum absolute atomic E-state index is 6.86. The number of fused-ring (bicyclic) bond motifs is 25. The van der Waals surface area contributed by atoms with E-state index in [1.165, 1.54) is 114 Å². The minimum absolute atomic E-state index is 0.458. The summed E-state index contributed by atoms with van der Waals surface area (Å²) in [6, 6.07) is 182. The maximum atomic E-state index is 6.86. The van der Waals surface area contributed by atoms with Gasteiger partial charge in [0.25, 0.3) is 6.71 Å². The van der Waals surface area contributed by atoms with Crippen molar-refractivity contribution in [2.45, 2.75) is 0 Å². The van der Waals surface area contributed by atoms with Crippen LogP contribution in [-0.4, -0.2) is 24.6 Å². The molecule has 0 spiro atoms. The van der Waals surface area contributed by atoms with Crippen molar-refractivity contribution < 1.29 is 4.42 Å². The van der Waals surface area contributed by atoms with Crippen LogP contribution in [0, 0.1) is 0 Å². The zero-order valence-corrected chi connectivity index (χ0v) is 75.8. The Kier molecular flexibility index (Phi) is 16.2. The lowest BCUT2D eigenvalue weighted by atomic mass is 9.33. The highest BCUT2D eigenvalue weighted by Crippen LogP contribution is 2.58. The van der Waals surface area contributed by atoms with E-state index in [4.69, 9.17) is 4.42 Å². The molecular weight excluding hydrogens is 1700 g/mol. The van der Waals surface area contributed by atoms with E-state index in [1.807, 2.05) is 0 Å². The van der Waals surface area contributed by atoms with Crippen molar-refractivity contribution in [2.75, 3.05) is 9.80 Å². The van der Waals surface area contributed by atoms with Crippen molar-refractivity contribution in [3.8, 4) is 100 Å². The summed E-state index contributed by atoms with van der Waals surface area (Å²) in [5.41, 5.74) is 43.2. The zero-order valence-electron chi connectivity index (χ0n) is 75.8. The molecule has 31 rings (SSSR count). The number of hydrogen-bond acceptors (Lipinski definition) is 3. The summed E-state index contributed by atoms with van der Waals surface area (Å²) in [7, 11) is 0. The van der Waals surface area contributed by atoms with E-state index in [-0.39, 0.29) is 0 Å². The molecule has 22 aromatic carbocycles. The molecule has 8 heteroatoms. The van der Waals surface area contributed by atoms with Crippen molar-refractivity contribution >= 4 is 199 Å². The number of anilines is 6. The third-order valence-electron chi connectivity index (χ3n) is 30.7. The van der Waals surface area contributed by atoms with Crippen LogP contribution >= 0.6 is 0 Å². The molecule has 29 aromatic rings. The maximum Gasteiger partial charge on any atom is 0.252 e. The molecule has 0 amide bonds. The molecule has 7 nitrogen and oxygen atoms in total. The first kappa shape index (κ1) is 76.9. The Balaban J connectivity index is 0.783. The van der Waals surface area contributed by atoms with E-state index in [2.05, 4.69) is 507 Å². The first-order valence-corrected chi connectivity index (χ1v) is 48.5. The van der Waals surface area contributed by atoms with Gasteiger partial charge >= 0.3 is 0 Å². The molecule has 0 saturated carbocycles. The van der Waals surface area contributed by atoms with Gasteiger partial charge in [-0.2, -0.15) is 0 Å². The fourth-order valence-corrected chi connectivity index (χ4v) is 24.9. The second kappa shape index (κ2) is 29.5. The van der Waals surface area contributed by atoms with E-state index in [0.29, 0.717) is 0 Å². The van der Waals surface area contributed by atoms with Gasteiger partial charge in [0.15, 0.2) is 0 Å². The summed E-state index contributed by atoms with van der Waals surface area (Å²) < 4.78 is 16.8. The topological polar surface area (TPSA) is 38.3 Å². The minimum Gasteiger partial charge on any atom is -0.456 e. The van der Waals surface area contributed by atoms with Crippen molar-refractivity contribution in [1.29, 1.82) is 0 Å². The number of furan rings is 1. The summed E-state index contributed by atoms with van der Waals surface area (Å²) in [5, 5.41) is 16.6. The highest BCUT2D eigenvalue weighted by atomic mass is 16.3. The Bertz CT molecular complexity index is 9870. The number of benzene rings is 22. The molecular formula is C132H79BN6O. The molecule has 140 heavy (non-hydrogen) atoms. The molecule has 0 saturated heterocycles. The Morgan fingerprint density at radius 2 is 0.514 bits per heavy atom. The lowest BCUT2D eigenvalue weighted by Gasteiger charge is -2.46. The van der Waals surface area contributed by atoms with E-state index in [9.17, 15) is 0 Å². The van der Waals surface area contributed by atoms with Crippen LogP contribution in [0.15, 0.2) is 484 Å². The molecule has 0 atom stereocenters. The largest absolute Gasteiger partial charge is 0.456 e. The van der Waals surface area contributed by atoms with Gasteiger partial charge in [-0.05, 0) is 235 Å². The fourth-order valence-electron chi connectivity index (χ4n) is 24.9. The summed E-state index contributed by atoms with van der Waals surface area (Å²) in [6.45, 7) is -0.458. The molecule has 2 aliphatic rings. The van der Waals surface area contributed by atoms with E-state index in [1.54, 1.807) is 0 Å². The van der Waals surface area contributed by atoms with Crippen LogP contribution < -0.4 is 26.2 Å². The lowest BCUT2D eigenvalue weighted by molar-refractivity contribution is 0.669. The SMILES string of the molecule is c1ccc(-c2cc(-c3ccccc3)c(N3c4ccc(-c5cccc6c5c5ccccc5n6-c5ccccc5)cc4B4c5cc(-c6cccc7c6c6ccccc6n7-c6ccccc6)ccc5N(c5c(-c6cc7c8ccccc8n8c9ccccc9c(c6)c78)cccc5-c5cc6c7ccccc7n7c8ccccc8c(c5)c67)c5cc(-c6ccc7oc8ccccc8c7c6)cc3c54)c(-c3ccccc3)c2)cc1. The molecule has 0 radical (unpaired) electrons. The molecule has 0 aliphatic carbocycles. The molecule has 0 N–H and O–H groups in total. The Morgan fingerprint density at radius 3 is 0.964 bits per heavy atom. The molecule has 0 bridgehead atoms. The third-order valence-corrected chi connectivity index (χ3v) is 30.7. The Hall–Kier alpha value is -18.5. The average Bonchev–Trinajstić information content (AvgIpc) is 1.12. The number of aromatic nitrogens is 4. The summed E-state index contributed by atoms with van der Waals surface area (Å²) in [4.78, 5) is 5.51. The first-order valence-electron chi connectivity index (χ1n) is 48.5. The molecule has 9 heterocycles. The zero-order chi connectivity index (χ0) is 91.2. The highest BCUT2D eigenvalue weighted by molar-refractivity contribution is 7.00. The minimum atomic E-state index is -0.458. The standard InChI is InChI=1S/C132H79BN6O/c1-6-33-80(34-7-1)86-70-103(81-35-8-2-9-36-81)130(104(71-86)82-37-10-3-11-38-82)139-119-67-64-85(93-51-32-61-121-127(93)102-49-21-28-59-117(102)135(121)91-41-14-5-15-42-91)77-111(119)133-110-76-84(92-50-31-60-120-126(92)101-48-20-27-58-116(101)134(120)90-39-12-4-13-40-90)63-66-118(110)138(122-78-87(79-123(139)128(122)133)83-65-68-125-105(69-83)100-47-22-29-62-124(100)140-125)129-94(88-72-106-96-43-16-23-54-112(96)136-113-55-24-17-44-97(113)107(73-88)131(106)136)52-30-53-95(129)89-74-108-98-45-18-25-56-114(98)137-115-57-26-19-46-99(115)109(75-89)132(108)137/h1-79H. The predicted molar refractivity (Wildman–Crippen MR) is 589 cm³/mol. The molecule has 7 aromatic heterocycles. The van der Waals surface area contributed by atoms with Gasteiger partial charge in [-0.25, -0.2) is 0 Å². The second-order valence-corrected chi connectivity index (χ2v) is 38.0. The van der Waals surface area contributed by atoms with Gasteiger partial charge in [-0.1, -0.05) is 328 Å².